The fraction of sp³-hybridized carbons (Fsp3) is 0.133. The Labute approximate surface area is 120 Å². The lowest BCUT2D eigenvalue weighted by molar-refractivity contribution is -0.120. The molecule has 21 heavy (non-hydrogen) atoms. The lowest BCUT2D eigenvalue weighted by atomic mass is 10.1. The Kier molecular flexibility index (Phi) is 3.51. The van der Waals surface area contributed by atoms with Crippen molar-refractivity contribution < 1.29 is 4.79 Å². The first kappa shape index (κ1) is 13.1. The molecule has 0 fully saturated rings. The number of carbonyl (C=O) groups excluding carboxylic acids is 1. The van der Waals surface area contributed by atoms with Gasteiger partial charge < -0.3 is 15.3 Å². The van der Waals surface area contributed by atoms with E-state index in [9.17, 15) is 9.59 Å². The van der Waals surface area contributed by atoms with E-state index in [0.717, 1.165) is 16.8 Å². The molecule has 0 radical (unpaired) electrons. The van der Waals surface area contributed by atoms with E-state index in [1.165, 1.54) is 0 Å². The van der Waals surface area contributed by atoms with E-state index in [2.05, 4.69) is 20.3 Å². The van der Waals surface area contributed by atoms with Crippen LogP contribution in [-0.2, 0) is 17.8 Å². The van der Waals surface area contributed by atoms with Gasteiger partial charge >= 0.3 is 5.69 Å². The molecule has 1 amide bonds. The van der Waals surface area contributed by atoms with Gasteiger partial charge in [0.05, 0.1) is 29.7 Å². The summed E-state index contributed by atoms with van der Waals surface area (Å²) < 4.78 is 0. The molecule has 2 aromatic heterocycles. The van der Waals surface area contributed by atoms with Crippen LogP contribution < -0.4 is 11.0 Å². The molecule has 3 rings (SSSR count). The van der Waals surface area contributed by atoms with Crippen LogP contribution in [-0.4, -0.2) is 20.9 Å². The molecule has 0 atom stereocenters. The standard InChI is InChI=1S/C15H14N4O2/c20-14(17-9-11-3-1-2-6-16-11)8-10-4-5-12-13(7-10)19-15(21)18-12/h1-7H,8-9H2,(H,17,20)(H2,18,19,21). The third-order valence-electron chi connectivity index (χ3n) is 3.14. The third kappa shape index (κ3) is 3.17. The van der Waals surface area contributed by atoms with Gasteiger partial charge in [-0.1, -0.05) is 12.1 Å². The summed E-state index contributed by atoms with van der Waals surface area (Å²) >= 11 is 0. The zero-order valence-electron chi connectivity index (χ0n) is 11.2. The van der Waals surface area contributed by atoms with Crippen molar-refractivity contribution in [1.82, 2.24) is 20.3 Å². The Bertz CT molecular complexity index is 820. The maximum absolute atomic E-state index is 11.9. The van der Waals surface area contributed by atoms with Gasteiger partial charge in [0, 0.05) is 6.20 Å². The van der Waals surface area contributed by atoms with E-state index in [0.29, 0.717) is 12.1 Å². The molecule has 0 aliphatic rings. The van der Waals surface area contributed by atoms with Crippen LogP contribution in [0.1, 0.15) is 11.3 Å². The molecule has 0 saturated carbocycles. The summed E-state index contributed by atoms with van der Waals surface area (Å²) in [5.41, 5.74) is 2.85. The summed E-state index contributed by atoms with van der Waals surface area (Å²) in [6.45, 7) is 0.406. The van der Waals surface area contributed by atoms with Gasteiger partial charge in [0.2, 0.25) is 5.91 Å². The zero-order valence-corrected chi connectivity index (χ0v) is 11.2. The number of nitrogens with one attached hydrogen (secondary N) is 3. The normalized spacial score (nSPS) is 10.7. The van der Waals surface area contributed by atoms with Gasteiger partial charge in [-0.05, 0) is 29.8 Å². The number of carbonyl (C=O) groups is 1. The van der Waals surface area contributed by atoms with Crippen LogP contribution in [0.3, 0.4) is 0 Å². The van der Waals surface area contributed by atoms with Crippen molar-refractivity contribution in [3.05, 3.63) is 64.3 Å². The molecule has 106 valence electrons. The summed E-state index contributed by atoms with van der Waals surface area (Å²) in [6, 6.07) is 11.0. The van der Waals surface area contributed by atoms with Crippen molar-refractivity contribution in [1.29, 1.82) is 0 Å². The lowest BCUT2D eigenvalue weighted by Crippen LogP contribution is -2.24. The number of imidazole rings is 1. The molecule has 0 bridgehead atoms. The largest absolute Gasteiger partial charge is 0.350 e. The Morgan fingerprint density at radius 1 is 1.14 bits per heavy atom. The van der Waals surface area contributed by atoms with E-state index in [1.54, 1.807) is 18.3 Å². The second kappa shape index (κ2) is 5.62. The molecule has 3 aromatic rings. The number of hydrogen-bond acceptors (Lipinski definition) is 3. The number of nitrogens with zero attached hydrogens (tertiary/aromatic N) is 1. The predicted molar refractivity (Wildman–Crippen MR) is 78.7 cm³/mol. The molecule has 0 spiro atoms. The number of amides is 1. The molecule has 0 saturated heterocycles. The minimum absolute atomic E-state index is 0.0853. The van der Waals surface area contributed by atoms with Crippen molar-refractivity contribution in [2.45, 2.75) is 13.0 Å². The van der Waals surface area contributed by atoms with Crippen molar-refractivity contribution >= 4 is 16.9 Å². The highest BCUT2D eigenvalue weighted by atomic mass is 16.1. The minimum atomic E-state index is -0.248. The van der Waals surface area contributed by atoms with Gasteiger partial charge in [-0.2, -0.15) is 0 Å². The Morgan fingerprint density at radius 3 is 2.81 bits per heavy atom. The van der Waals surface area contributed by atoms with Crippen molar-refractivity contribution in [3.8, 4) is 0 Å². The van der Waals surface area contributed by atoms with Crippen LogP contribution >= 0.6 is 0 Å². The van der Waals surface area contributed by atoms with Gasteiger partial charge in [-0.15, -0.1) is 0 Å². The maximum atomic E-state index is 11.9. The number of pyridine rings is 1. The minimum Gasteiger partial charge on any atom is -0.350 e. The van der Waals surface area contributed by atoms with Gasteiger partial charge in [-0.25, -0.2) is 4.79 Å². The highest BCUT2D eigenvalue weighted by molar-refractivity contribution is 5.81. The molecule has 2 heterocycles. The van der Waals surface area contributed by atoms with Crippen LogP contribution in [0, 0.1) is 0 Å². The molecule has 3 N–H and O–H groups in total. The fourth-order valence-corrected chi connectivity index (χ4v) is 2.13. The average Bonchev–Trinajstić information content (AvgIpc) is 2.85. The number of rotatable bonds is 4. The Hall–Kier alpha value is -2.89. The third-order valence-corrected chi connectivity index (χ3v) is 3.14. The molecule has 1 aromatic carbocycles. The molecule has 0 aliphatic heterocycles. The summed E-state index contributed by atoms with van der Waals surface area (Å²) in [4.78, 5) is 32.6. The summed E-state index contributed by atoms with van der Waals surface area (Å²) in [7, 11) is 0. The molecular formula is C15H14N4O2. The van der Waals surface area contributed by atoms with Crippen LogP contribution in [0.25, 0.3) is 11.0 Å². The van der Waals surface area contributed by atoms with E-state index < -0.39 is 0 Å². The van der Waals surface area contributed by atoms with Gasteiger partial charge in [0.25, 0.3) is 0 Å². The van der Waals surface area contributed by atoms with Crippen molar-refractivity contribution in [2.24, 2.45) is 0 Å². The van der Waals surface area contributed by atoms with Gasteiger partial charge in [0.15, 0.2) is 0 Å². The molecule has 0 aliphatic carbocycles. The summed E-state index contributed by atoms with van der Waals surface area (Å²) in [5.74, 6) is -0.0853. The number of aromatic nitrogens is 3. The molecule has 6 nitrogen and oxygen atoms in total. The topological polar surface area (TPSA) is 90.6 Å². The number of H-pyrrole nitrogens is 2. The first-order valence-electron chi connectivity index (χ1n) is 6.58. The monoisotopic (exact) mass is 282 g/mol. The smallest absolute Gasteiger partial charge is 0.323 e. The number of fused-ring (bicyclic) bond motifs is 1. The Balaban J connectivity index is 1.64. The predicted octanol–water partition coefficient (Wildman–Crippen LogP) is 1.11. The summed E-state index contributed by atoms with van der Waals surface area (Å²) in [6.07, 6.45) is 1.95. The van der Waals surface area contributed by atoms with E-state index in [1.807, 2.05) is 24.3 Å². The second-order valence-electron chi connectivity index (χ2n) is 4.73. The average molecular weight is 282 g/mol. The van der Waals surface area contributed by atoms with Gasteiger partial charge in [0.1, 0.15) is 0 Å². The van der Waals surface area contributed by atoms with Gasteiger partial charge in [-0.3, -0.25) is 9.78 Å². The van der Waals surface area contributed by atoms with E-state index in [4.69, 9.17) is 0 Å². The number of aromatic amines is 2. The highest BCUT2D eigenvalue weighted by Gasteiger charge is 2.06. The Morgan fingerprint density at radius 2 is 2.00 bits per heavy atom. The van der Waals surface area contributed by atoms with Crippen LogP contribution in [0.4, 0.5) is 0 Å². The van der Waals surface area contributed by atoms with Crippen LogP contribution in [0.15, 0.2) is 47.4 Å². The summed E-state index contributed by atoms with van der Waals surface area (Å²) in [5, 5.41) is 2.82. The maximum Gasteiger partial charge on any atom is 0.323 e. The number of hydrogen-bond donors (Lipinski definition) is 3. The van der Waals surface area contributed by atoms with E-state index >= 15 is 0 Å². The lowest BCUT2D eigenvalue weighted by Gasteiger charge is -2.05. The highest BCUT2D eigenvalue weighted by Crippen LogP contribution is 2.10. The molecule has 0 unspecified atom stereocenters. The molecule has 6 heteroatoms. The SMILES string of the molecule is O=C(Cc1ccc2[nH]c(=O)[nH]c2c1)NCc1ccccn1. The van der Waals surface area contributed by atoms with Crippen molar-refractivity contribution in [2.75, 3.05) is 0 Å². The first-order valence-corrected chi connectivity index (χ1v) is 6.58. The fourth-order valence-electron chi connectivity index (χ4n) is 2.13. The van der Waals surface area contributed by atoms with E-state index in [-0.39, 0.29) is 18.0 Å². The molecular weight excluding hydrogens is 268 g/mol. The number of benzene rings is 1. The van der Waals surface area contributed by atoms with Crippen molar-refractivity contribution in [3.63, 3.8) is 0 Å². The quantitative estimate of drug-likeness (QED) is 0.669. The zero-order chi connectivity index (χ0) is 14.7. The first-order chi connectivity index (χ1) is 10.2. The van der Waals surface area contributed by atoms with Crippen LogP contribution in [0.5, 0.6) is 0 Å². The second-order valence-corrected chi connectivity index (χ2v) is 4.73. The van der Waals surface area contributed by atoms with Crippen LogP contribution in [0.2, 0.25) is 0 Å².